The Balaban J connectivity index is 2.01. The molecular formula is C14H13FN4O3. The summed E-state index contributed by atoms with van der Waals surface area (Å²) in [6.45, 7) is 0.325. The van der Waals surface area contributed by atoms with Crippen molar-refractivity contribution in [3.63, 3.8) is 0 Å². The highest BCUT2D eigenvalue weighted by Gasteiger charge is 2.10. The first kappa shape index (κ1) is 15.2. The smallest absolute Gasteiger partial charge is 0.316 e. The van der Waals surface area contributed by atoms with Gasteiger partial charge in [0.15, 0.2) is 5.82 Å². The van der Waals surface area contributed by atoms with E-state index in [0.29, 0.717) is 12.2 Å². The van der Waals surface area contributed by atoms with Gasteiger partial charge in [-0.1, -0.05) is 12.1 Å². The fourth-order valence-electron chi connectivity index (χ4n) is 1.81. The van der Waals surface area contributed by atoms with Gasteiger partial charge in [0.2, 0.25) is 0 Å². The van der Waals surface area contributed by atoms with Crippen LogP contribution >= 0.6 is 0 Å². The molecular weight excluding hydrogens is 291 g/mol. The van der Waals surface area contributed by atoms with Gasteiger partial charge in [0.05, 0.1) is 16.7 Å². The molecule has 0 aliphatic heterocycles. The van der Waals surface area contributed by atoms with Crippen LogP contribution in [0.4, 0.5) is 26.2 Å². The van der Waals surface area contributed by atoms with Gasteiger partial charge in [-0.05, 0) is 23.8 Å². The van der Waals surface area contributed by atoms with Gasteiger partial charge in [-0.25, -0.2) is 9.18 Å². The first-order chi connectivity index (χ1) is 10.5. The molecule has 2 aromatic rings. The first-order valence-electron chi connectivity index (χ1n) is 6.29. The highest BCUT2D eigenvalue weighted by molar-refractivity contribution is 5.87. The number of anilines is 2. The number of hydrogen-bond acceptors (Lipinski definition) is 4. The molecule has 0 aromatic heterocycles. The third kappa shape index (κ3) is 3.92. The van der Waals surface area contributed by atoms with E-state index in [1.165, 1.54) is 12.1 Å². The van der Waals surface area contributed by atoms with Crippen LogP contribution in [-0.2, 0) is 6.54 Å². The molecule has 114 valence electrons. The topological polar surface area (TPSA) is 110 Å². The van der Waals surface area contributed by atoms with Crippen LogP contribution in [0.15, 0.2) is 42.5 Å². The summed E-state index contributed by atoms with van der Waals surface area (Å²) in [7, 11) is 0. The number of urea groups is 1. The maximum absolute atomic E-state index is 13.7. The molecule has 0 saturated heterocycles. The molecule has 0 atom stereocenters. The second-order valence-electron chi connectivity index (χ2n) is 4.46. The van der Waals surface area contributed by atoms with Gasteiger partial charge < -0.3 is 16.4 Å². The molecule has 0 fully saturated rings. The summed E-state index contributed by atoms with van der Waals surface area (Å²) in [6, 6.07) is 9.55. The number of carbonyl (C=O) groups is 1. The number of nitrogens with two attached hydrogens (primary N) is 1. The molecule has 0 saturated carbocycles. The van der Waals surface area contributed by atoms with Gasteiger partial charge in [-0.3, -0.25) is 10.1 Å². The Kier molecular flexibility index (Phi) is 4.52. The van der Waals surface area contributed by atoms with Gasteiger partial charge in [0.1, 0.15) is 0 Å². The summed E-state index contributed by atoms with van der Waals surface area (Å²) in [5.74, 6) is -0.693. The normalized spacial score (nSPS) is 10.0. The minimum Gasteiger partial charge on any atom is -0.379 e. The zero-order valence-corrected chi connectivity index (χ0v) is 11.4. The van der Waals surface area contributed by atoms with Crippen molar-refractivity contribution in [2.24, 2.45) is 5.73 Å². The van der Waals surface area contributed by atoms with E-state index in [9.17, 15) is 19.3 Å². The lowest BCUT2D eigenvalue weighted by Crippen LogP contribution is -2.19. The van der Waals surface area contributed by atoms with Gasteiger partial charge in [0, 0.05) is 18.3 Å². The van der Waals surface area contributed by atoms with Crippen molar-refractivity contribution >= 4 is 23.1 Å². The van der Waals surface area contributed by atoms with Crippen molar-refractivity contribution in [1.29, 1.82) is 0 Å². The van der Waals surface area contributed by atoms with Crippen LogP contribution in [0.2, 0.25) is 0 Å². The van der Waals surface area contributed by atoms with E-state index in [1.807, 2.05) is 0 Å². The molecule has 2 aromatic carbocycles. The molecule has 0 radical (unpaired) electrons. The maximum atomic E-state index is 13.7. The summed E-state index contributed by atoms with van der Waals surface area (Å²) in [6.07, 6.45) is 0. The standard InChI is InChI=1S/C14H13FN4O3/c15-12-7-11(19(21)22)5-6-13(12)17-8-9-1-3-10(4-2-9)18-14(16)20/h1-7,17H,8H2,(H3,16,18,20). The third-order valence-electron chi connectivity index (χ3n) is 2.87. The predicted molar refractivity (Wildman–Crippen MR) is 80.0 cm³/mol. The van der Waals surface area contributed by atoms with E-state index >= 15 is 0 Å². The van der Waals surface area contributed by atoms with E-state index in [-0.39, 0.29) is 11.4 Å². The number of nitrogens with one attached hydrogen (secondary N) is 2. The number of carbonyl (C=O) groups excluding carboxylic acids is 1. The monoisotopic (exact) mass is 304 g/mol. The molecule has 0 aliphatic carbocycles. The number of non-ortho nitro benzene ring substituents is 1. The summed E-state index contributed by atoms with van der Waals surface area (Å²) < 4.78 is 13.7. The van der Waals surface area contributed by atoms with Crippen molar-refractivity contribution in [2.75, 3.05) is 10.6 Å². The number of nitrogens with zero attached hydrogens (tertiary/aromatic N) is 1. The van der Waals surface area contributed by atoms with Crippen molar-refractivity contribution in [1.82, 2.24) is 0 Å². The first-order valence-corrected chi connectivity index (χ1v) is 6.29. The number of benzene rings is 2. The quantitative estimate of drug-likeness (QED) is 0.582. The Labute approximate surface area is 125 Å². The van der Waals surface area contributed by atoms with E-state index in [2.05, 4.69) is 10.6 Å². The zero-order chi connectivity index (χ0) is 16.1. The molecule has 22 heavy (non-hydrogen) atoms. The van der Waals surface area contributed by atoms with E-state index in [1.54, 1.807) is 24.3 Å². The number of hydrogen-bond donors (Lipinski definition) is 3. The number of halogens is 1. The Bertz CT molecular complexity index is 704. The van der Waals surface area contributed by atoms with Gasteiger partial charge >= 0.3 is 6.03 Å². The van der Waals surface area contributed by atoms with Crippen LogP contribution in [0.3, 0.4) is 0 Å². The van der Waals surface area contributed by atoms with Crippen LogP contribution in [0.25, 0.3) is 0 Å². The van der Waals surface area contributed by atoms with E-state index < -0.39 is 16.8 Å². The molecule has 2 rings (SSSR count). The number of amides is 2. The van der Waals surface area contributed by atoms with Crippen LogP contribution in [0, 0.1) is 15.9 Å². The summed E-state index contributed by atoms with van der Waals surface area (Å²) in [4.78, 5) is 20.6. The summed E-state index contributed by atoms with van der Waals surface area (Å²) in [5, 5.41) is 15.8. The Morgan fingerprint density at radius 2 is 1.91 bits per heavy atom. The second kappa shape index (κ2) is 6.53. The van der Waals surface area contributed by atoms with E-state index in [4.69, 9.17) is 5.73 Å². The second-order valence-corrected chi connectivity index (χ2v) is 4.46. The van der Waals surface area contributed by atoms with Gasteiger partial charge in [-0.15, -0.1) is 0 Å². The largest absolute Gasteiger partial charge is 0.379 e. The number of nitro groups is 1. The fourth-order valence-corrected chi connectivity index (χ4v) is 1.81. The number of rotatable bonds is 5. The molecule has 0 unspecified atom stereocenters. The minimum atomic E-state index is -0.693. The zero-order valence-electron chi connectivity index (χ0n) is 11.4. The average Bonchev–Trinajstić information content (AvgIpc) is 2.46. The van der Waals surface area contributed by atoms with Gasteiger partial charge in [-0.2, -0.15) is 0 Å². The summed E-state index contributed by atoms with van der Waals surface area (Å²) >= 11 is 0. The highest BCUT2D eigenvalue weighted by Crippen LogP contribution is 2.21. The summed E-state index contributed by atoms with van der Waals surface area (Å²) in [5.41, 5.74) is 6.26. The van der Waals surface area contributed by atoms with Crippen LogP contribution in [-0.4, -0.2) is 11.0 Å². The number of primary amides is 1. The van der Waals surface area contributed by atoms with Crippen molar-refractivity contribution < 1.29 is 14.1 Å². The average molecular weight is 304 g/mol. The molecule has 4 N–H and O–H groups in total. The molecule has 0 aliphatic rings. The lowest BCUT2D eigenvalue weighted by atomic mass is 10.2. The van der Waals surface area contributed by atoms with Gasteiger partial charge in [0.25, 0.3) is 5.69 Å². The molecule has 0 bridgehead atoms. The minimum absolute atomic E-state index is 0.171. The van der Waals surface area contributed by atoms with Crippen LogP contribution < -0.4 is 16.4 Å². The van der Waals surface area contributed by atoms with Crippen molar-refractivity contribution in [3.8, 4) is 0 Å². The molecule has 8 heteroatoms. The molecule has 0 spiro atoms. The Morgan fingerprint density at radius 3 is 2.45 bits per heavy atom. The van der Waals surface area contributed by atoms with E-state index in [0.717, 1.165) is 11.6 Å². The Hall–Kier alpha value is -3.16. The highest BCUT2D eigenvalue weighted by atomic mass is 19.1. The molecule has 2 amide bonds. The van der Waals surface area contributed by atoms with Crippen molar-refractivity contribution in [3.05, 3.63) is 64.0 Å². The van der Waals surface area contributed by atoms with Crippen LogP contribution in [0.1, 0.15) is 5.56 Å². The van der Waals surface area contributed by atoms with Crippen LogP contribution in [0.5, 0.6) is 0 Å². The van der Waals surface area contributed by atoms with Crippen molar-refractivity contribution in [2.45, 2.75) is 6.54 Å². The lowest BCUT2D eigenvalue weighted by Gasteiger charge is -2.08. The molecule has 7 nitrogen and oxygen atoms in total. The molecule has 0 heterocycles. The maximum Gasteiger partial charge on any atom is 0.316 e. The fraction of sp³-hybridized carbons (Fsp3) is 0.0714. The predicted octanol–water partition coefficient (Wildman–Crippen LogP) is 2.84. The number of nitro benzene ring substituents is 1. The Morgan fingerprint density at radius 1 is 1.23 bits per heavy atom. The SMILES string of the molecule is NC(=O)Nc1ccc(CNc2ccc([N+](=O)[O-])cc2F)cc1. The lowest BCUT2D eigenvalue weighted by molar-refractivity contribution is -0.385. The third-order valence-corrected chi connectivity index (χ3v) is 2.87.